The van der Waals surface area contributed by atoms with Crippen LogP contribution < -0.4 is 0 Å². The molecule has 0 bridgehead atoms. The first-order valence-electron chi connectivity index (χ1n) is 8.03. The quantitative estimate of drug-likeness (QED) is 0.343. The number of carbonyl (C=O) groups excluding carboxylic acids is 1. The van der Waals surface area contributed by atoms with E-state index in [1.54, 1.807) is 16.9 Å². The molecule has 0 unspecified atom stereocenters. The number of nitrogens with zero attached hydrogens (tertiary/aromatic N) is 3. The average Bonchev–Trinajstić information content (AvgIpc) is 3.37. The monoisotopic (exact) mass is 449 g/mol. The van der Waals surface area contributed by atoms with E-state index < -0.39 is 11.6 Å². The summed E-state index contributed by atoms with van der Waals surface area (Å²) in [5.74, 6) is -1.64. The second kappa shape index (κ2) is 7.31. The van der Waals surface area contributed by atoms with Crippen molar-refractivity contribution in [2.45, 2.75) is 6.42 Å². The standard InChI is InChI=1S/C19H13F2N3OSSe/c1-24-15(10-14(23-24)19-22-7-8-26-19)17-5-6-18(27-17)16(25)9-11-12(20)3-2-4-13(11)21/h2-8,10H,9H2,1H3. The zero-order valence-corrected chi connectivity index (χ0v) is 16.7. The van der Waals surface area contributed by atoms with Gasteiger partial charge in [-0.25, -0.2) is 0 Å². The molecule has 4 aromatic rings. The summed E-state index contributed by atoms with van der Waals surface area (Å²) in [5.41, 5.74) is 1.52. The van der Waals surface area contributed by atoms with Crippen molar-refractivity contribution in [3.8, 4) is 20.8 Å². The van der Waals surface area contributed by atoms with Crippen molar-refractivity contribution < 1.29 is 13.6 Å². The maximum atomic E-state index is 13.8. The summed E-state index contributed by atoms with van der Waals surface area (Å²) >= 11 is 1.27. The van der Waals surface area contributed by atoms with Crippen LogP contribution in [-0.4, -0.2) is 35.1 Å². The Bertz CT molecular complexity index is 1100. The third kappa shape index (κ3) is 3.56. The number of aromatic nitrogens is 3. The molecular formula is C19H13F2N3OSSe. The molecule has 0 atom stereocenters. The number of Topliss-reactive ketones (excluding diaryl/α,β-unsaturated/α-hetero) is 1. The number of ketones is 1. The van der Waals surface area contributed by atoms with Crippen LogP contribution in [-0.2, 0) is 13.5 Å². The van der Waals surface area contributed by atoms with Gasteiger partial charge in [-0.15, -0.1) is 0 Å². The number of aryl methyl sites for hydroxylation is 1. The third-order valence-corrected chi connectivity index (χ3v) is 7.27. The Balaban J connectivity index is 1.60. The molecule has 3 heterocycles. The van der Waals surface area contributed by atoms with Crippen LogP contribution in [0.15, 0.2) is 48.0 Å². The van der Waals surface area contributed by atoms with Gasteiger partial charge in [0.2, 0.25) is 0 Å². The zero-order valence-electron chi connectivity index (χ0n) is 14.1. The SMILES string of the molecule is Cn1nc(-c2nccs2)cc1-c1ccc(C(=O)Cc2c(F)cccc2F)[se]1. The van der Waals surface area contributed by atoms with Crippen LogP contribution in [0, 0.1) is 11.6 Å². The topological polar surface area (TPSA) is 47.8 Å². The molecule has 1 aromatic carbocycles. The van der Waals surface area contributed by atoms with Crippen LogP contribution in [0.5, 0.6) is 0 Å². The molecule has 3 aromatic heterocycles. The number of rotatable bonds is 5. The summed E-state index contributed by atoms with van der Waals surface area (Å²) in [6.45, 7) is 0. The van der Waals surface area contributed by atoms with Crippen molar-refractivity contribution >= 4 is 31.6 Å². The molecule has 0 saturated carbocycles. The van der Waals surface area contributed by atoms with Gasteiger partial charge in [0.05, 0.1) is 0 Å². The van der Waals surface area contributed by atoms with Crippen molar-refractivity contribution in [2.24, 2.45) is 7.05 Å². The van der Waals surface area contributed by atoms with E-state index in [2.05, 4.69) is 10.1 Å². The van der Waals surface area contributed by atoms with Crippen LogP contribution in [0.4, 0.5) is 8.78 Å². The normalized spacial score (nSPS) is 11.1. The van der Waals surface area contributed by atoms with Gasteiger partial charge in [0.15, 0.2) is 0 Å². The number of carbonyl (C=O) groups is 1. The minimum atomic E-state index is -0.692. The van der Waals surface area contributed by atoms with Gasteiger partial charge in [0.25, 0.3) is 0 Å². The van der Waals surface area contributed by atoms with E-state index in [0.29, 0.717) is 4.44 Å². The van der Waals surface area contributed by atoms with Crippen LogP contribution >= 0.6 is 11.3 Å². The number of halogens is 2. The van der Waals surface area contributed by atoms with Crippen LogP contribution in [0.2, 0.25) is 0 Å². The predicted molar refractivity (Wildman–Crippen MR) is 101 cm³/mol. The molecule has 4 rings (SSSR count). The summed E-state index contributed by atoms with van der Waals surface area (Å²) in [6.07, 6.45) is 1.45. The van der Waals surface area contributed by atoms with Gasteiger partial charge in [0, 0.05) is 0 Å². The van der Waals surface area contributed by atoms with Crippen LogP contribution in [0.25, 0.3) is 20.8 Å². The second-order valence-electron chi connectivity index (χ2n) is 5.84. The number of benzene rings is 1. The van der Waals surface area contributed by atoms with E-state index in [9.17, 15) is 13.6 Å². The summed E-state index contributed by atoms with van der Waals surface area (Å²) in [6, 6.07) is 9.20. The zero-order chi connectivity index (χ0) is 19.0. The summed E-state index contributed by atoms with van der Waals surface area (Å²) in [5, 5.41) is 7.21. The third-order valence-electron chi connectivity index (χ3n) is 4.06. The fourth-order valence-corrected chi connectivity index (χ4v) is 5.40. The van der Waals surface area contributed by atoms with Crippen molar-refractivity contribution in [1.82, 2.24) is 14.8 Å². The first kappa shape index (κ1) is 18.0. The molecule has 4 nitrogen and oxygen atoms in total. The maximum absolute atomic E-state index is 13.8. The number of thiazole rings is 1. The van der Waals surface area contributed by atoms with Crippen molar-refractivity contribution in [2.75, 3.05) is 0 Å². The molecule has 0 aliphatic carbocycles. The van der Waals surface area contributed by atoms with Gasteiger partial charge in [-0.05, 0) is 0 Å². The minimum absolute atomic E-state index is 0.181. The Morgan fingerprint density at radius 2 is 2.00 bits per heavy atom. The van der Waals surface area contributed by atoms with E-state index in [4.69, 9.17) is 0 Å². The Hall–Kier alpha value is -2.41. The van der Waals surface area contributed by atoms with E-state index in [1.165, 1.54) is 29.5 Å². The molecule has 136 valence electrons. The second-order valence-corrected chi connectivity index (χ2v) is 9.01. The fourth-order valence-electron chi connectivity index (χ4n) is 2.73. The molecule has 27 heavy (non-hydrogen) atoms. The molecule has 0 aliphatic heterocycles. The predicted octanol–water partition coefficient (Wildman–Crippen LogP) is 3.97. The first-order valence-corrected chi connectivity index (χ1v) is 10.6. The van der Waals surface area contributed by atoms with Gasteiger partial charge < -0.3 is 0 Å². The van der Waals surface area contributed by atoms with Gasteiger partial charge >= 0.3 is 164 Å². The van der Waals surface area contributed by atoms with Crippen LogP contribution in [0.3, 0.4) is 0 Å². The van der Waals surface area contributed by atoms with Crippen molar-refractivity contribution in [3.05, 3.63) is 69.6 Å². The molecule has 0 saturated heterocycles. The molecule has 0 spiro atoms. The van der Waals surface area contributed by atoms with E-state index >= 15 is 0 Å². The van der Waals surface area contributed by atoms with E-state index in [0.717, 1.165) is 20.8 Å². The first-order chi connectivity index (χ1) is 13.0. The Morgan fingerprint density at radius 1 is 1.22 bits per heavy atom. The van der Waals surface area contributed by atoms with Crippen LogP contribution in [0.1, 0.15) is 14.8 Å². The molecule has 0 amide bonds. The molecular weight excluding hydrogens is 435 g/mol. The molecule has 0 fully saturated rings. The van der Waals surface area contributed by atoms with Gasteiger partial charge in [-0.3, -0.25) is 0 Å². The molecule has 8 heteroatoms. The Morgan fingerprint density at radius 3 is 2.70 bits per heavy atom. The van der Waals surface area contributed by atoms with Crippen molar-refractivity contribution in [3.63, 3.8) is 0 Å². The summed E-state index contributed by atoms with van der Waals surface area (Å²) in [4.78, 5) is 16.8. The summed E-state index contributed by atoms with van der Waals surface area (Å²) < 4.78 is 30.9. The van der Waals surface area contributed by atoms with Gasteiger partial charge in [0.1, 0.15) is 0 Å². The molecule has 0 radical (unpaired) electrons. The van der Waals surface area contributed by atoms with E-state index in [1.807, 2.05) is 24.6 Å². The summed E-state index contributed by atoms with van der Waals surface area (Å²) in [7, 11) is 1.85. The number of hydrogen-bond donors (Lipinski definition) is 0. The average molecular weight is 448 g/mol. The van der Waals surface area contributed by atoms with Gasteiger partial charge in [-0.2, -0.15) is 0 Å². The van der Waals surface area contributed by atoms with Crippen molar-refractivity contribution in [1.29, 1.82) is 0 Å². The number of hydrogen-bond acceptors (Lipinski definition) is 4. The fraction of sp³-hybridized carbons (Fsp3) is 0.105. The Kier molecular flexibility index (Phi) is 4.86. The van der Waals surface area contributed by atoms with E-state index in [-0.39, 0.29) is 32.3 Å². The van der Waals surface area contributed by atoms with Gasteiger partial charge in [-0.1, -0.05) is 0 Å². The Labute approximate surface area is 163 Å². The molecule has 0 N–H and O–H groups in total. The molecule has 0 aliphatic rings.